The lowest BCUT2D eigenvalue weighted by atomic mass is 10.2. The van der Waals surface area contributed by atoms with E-state index < -0.39 is 0 Å². The number of nitrogens with zero attached hydrogens (tertiary/aromatic N) is 1. The summed E-state index contributed by atoms with van der Waals surface area (Å²) >= 11 is 0. The van der Waals surface area contributed by atoms with Crippen molar-refractivity contribution >= 4 is 30.8 Å². The van der Waals surface area contributed by atoms with E-state index in [9.17, 15) is 4.79 Å². The number of aromatic nitrogens is 1. The van der Waals surface area contributed by atoms with Gasteiger partial charge in [0, 0.05) is 6.54 Å². The lowest BCUT2D eigenvalue weighted by molar-refractivity contribution is 0.0518. The quantitative estimate of drug-likeness (QED) is 0.849. The van der Waals surface area contributed by atoms with Gasteiger partial charge in [-0.3, -0.25) is 0 Å². The highest BCUT2D eigenvalue weighted by Gasteiger charge is 2.11. The molecule has 0 aromatic carbocycles. The molecule has 0 aliphatic carbocycles. The molecule has 0 aliphatic heterocycles. The lowest BCUT2D eigenvalue weighted by Crippen LogP contribution is -2.11. The van der Waals surface area contributed by atoms with E-state index in [0.717, 1.165) is 5.56 Å². The Morgan fingerprint density at radius 3 is 2.56 bits per heavy atom. The monoisotopic (exact) mass is 266 g/mol. The van der Waals surface area contributed by atoms with Gasteiger partial charge in [-0.25, -0.2) is 9.78 Å². The molecule has 0 bridgehead atoms. The van der Waals surface area contributed by atoms with Crippen LogP contribution in [-0.4, -0.2) is 17.6 Å². The summed E-state index contributed by atoms with van der Waals surface area (Å²) in [4.78, 5) is 15.5. The zero-order valence-electron chi connectivity index (χ0n) is 9.23. The second-order valence-corrected chi connectivity index (χ2v) is 2.89. The van der Waals surface area contributed by atoms with Crippen molar-refractivity contribution in [3.8, 4) is 0 Å². The molecule has 4 nitrogen and oxygen atoms in total. The van der Waals surface area contributed by atoms with Gasteiger partial charge in [0.1, 0.15) is 0 Å². The van der Waals surface area contributed by atoms with Gasteiger partial charge in [-0.05, 0) is 25.5 Å². The Morgan fingerprint density at radius 1 is 1.44 bits per heavy atom. The summed E-state index contributed by atoms with van der Waals surface area (Å²) in [6.07, 6.45) is 0. The van der Waals surface area contributed by atoms with Crippen LogP contribution in [0.2, 0.25) is 0 Å². The molecule has 16 heavy (non-hydrogen) atoms. The van der Waals surface area contributed by atoms with Crippen LogP contribution in [0, 0.1) is 6.92 Å². The highest BCUT2D eigenvalue weighted by molar-refractivity contribution is 5.88. The third kappa shape index (κ3) is 4.35. The van der Waals surface area contributed by atoms with E-state index in [1.807, 2.05) is 13.0 Å². The molecule has 6 heteroatoms. The number of halogens is 2. The number of carbonyl (C=O) groups is 1. The maximum atomic E-state index is 11.4. The first-order valence-electron chi connectivity index (χ1n) is 4.52. The van der Waals surface area contributed by atoms with Gasteiger partial charge >= 0.3 is 5.97 Å². The van der Waals surface area contributed by atoms with Crippen LogP contribution in [0.5, 0.6) is 0 Å². The lowest BCUT2D eigenvalue weighted by Gasteiger charge is -2.05. The Hall–Kier alpha value is -0.840. The summed E-state index contributed by atoms with van der Waals surface area (Å²) in [6.45, 7) is 4.26. The fraction of sp³-hybridized carbons (Fsp3) is 0.400. The molecule has 0 radical (unpaired) electrons. The fourth-order valence-electron chi connectivity index (χ4n) is 1.09. The van der Waals surface area contributed by atoms with Gasteiger partial charge in [0.2, 0.25) is 0 Å². The molecule has 1 aromatic heterocycles. The number of hydrogen-bond donors (Lipinski definition) is 1. The number of hydrogen-bond acceptors (Lipinski definition) is 4. The summed E-state index contributed by atoms with van der Waals surface area (Å²) in [7, 11) is 0. The largest absolute Gasteiger partial charge is 0.461 e. The summed E-state index contributed by atoms with van der Waals surface area (Å²) in [6, 6.07) is 3.62. The molecule has 0 atom stereocenters. The van der Waals surface area contributed by atoms with Gasteiger partial charge < -0.3 is 10.5 Å². The Bertz CT molecular complexity index is 346. The number of esters is 1. The van der Waals surface area contributed by atoms with Crippen LogP contribution in [-0.2, 0) is 11.3 Å². The van der Waals surface area contributed by atoms with E-state index in [-0.39, 0.29) is 30.8 Å². The molecule has 1 aromatic rings. The third-order valence-corrected chi connectivity index (χ3v) is 1.83. The van der Waals surface area contributed by atoms with Crippen molar-refractivity contribution in [2.45, 2.75) is 20.4 Å². The van der Waals surface area contributed by atoms with Crippen molar-refractivity contribution in [3.05, 3.63) is 29.1 Å². The standard InChI is InChI=1S/C10H14N2O2.2ClH/c1-3-14-10(13)9-7(2)4-5-8(6-11)12-9;;/h4-5H,3,6,11H2,1-2H3;2*1H. The molecule has 0 amide bonds. The molecule has 1 heterocycles. The minimum absolute atomic E-state index is 0. The minimum Gasteiger partial charge on any atom is -0.461 e. The molecule has 92 valence electrons. The first-order chi connectivity index (χ1) is 6.69. The molecule has 0 fully saturated rings. The van der Waals surface area contributed by atoms with E-state index in [4.69, 9.17) is 10.5 Å². The predicted octanol–water partition coefficient (Wildman–Crippen LogP) is 1.87. The Kier molecular flexibility index (Phi) is 9.14. The molecule has 0 saturated carbocycles. The Morgan fingerprint density at radius 2 is 2.06 bits per heavy atom. The van der Waals surface area contributed by atoms with Gasteiger partial charge in [0.05, 0.1) is 12.3 Å². The van der Waals surface area contributed by atoms with E-state index in [1.165, 1.54) is 0 Å². The third-order valence-electron chi connectivity index (χ3n) is 1.83. The zero-order chi connectivity index (χ0) is 10.6. The molecule has 2 N–H and O–H groups in total. The summed E-state index contributed by atoms with van der Waals surface area (Å²) in [5, 5.41) is 0. The molecule has 0 saturated heterocycles. The van der Waals surface area contributed by atoms with Gasteiger partial charge in [-0.15, -0.1) is 24.8 Å². The van der Waals surface area contributed by atoms with Gasteiger partial charge in [-0.1, -0.05) is 6.07 Å². The second-order valence-electron chi connectivity index (χ2n) is 2.89. The van der Waals surface area contributed by atoms with Crippen LogP contribution >= 0.6 is 24.8 Å². The first-order valence-corrected chi connectivity index (χ1v) is 4.52. The normalized spacial score (nSPS) is 8.69. The SMILES string of the molecule is CCOC(=O)c1nc(CN)ccc1C.Cl.Cl. The summed E-state index contributed by atoms with van der Waals surface area (Å²) in [5.41, 5.74) is 7.28. The number of rotatable bonds is 3. The van der Waals surface area contributed by atoms with E-state index in [1.54, 1.807) is 13.0 Å². The van der Waals surface area contributed by atoms with Crippen molar-refractivity contribution in [1.82, 2.24) is 4.98 Å². The first kappa shape index (κ1) is 17.6. The van der Waals surface area contributed by atoms with Crippen molar-refractivity contribution in [3.63, 3.8) is 0 Å². The van der Waals surface area contributed by atoms with Crippen molar-refractivity contribution < 1.29 is 9.53 Å². The van der Waals surface area contributed by atoms with E-state index in [0.29, 0.717) is 24.5 Å². The molecule has 0 unspecified atom stereocenters. The van der Waals surface area contributed by atoms with Crippen LogP contribution < -0.4 is 5.73 Å². The average Bonchev–Trinajstić information content (AvgIpc) is 2.19. The minimum atomic E-state index is -0.389. The molecule has 0 spiro atoms. The molecular formula is C10H16Cl2N2O2. The summed E-state index contributed by atoms with van der Waals surface area (Å²) in [5.74, 6) is -0.389. The van der Waals surface area contributed by atoms with Crippen LogP contribution in [0.1, 0.15) is 28.7 Å². The number of carbonyl (C=O) groups excluding carboxylic acids is 1. The van der Waals surface area contributed by atoms with Crippen molar-refractivity contribution in [2.24, 2.45) is 5.73 Å². The smallest absolute Gasteiger partial charge is 0.357 e. The fourth-order valence-corrected chi connectivity index (χ4v) is 1.09. The molecular weight excluding hydrogens is 251 g/mol. The number of pyridine rings is 1. The maximum Gasteiger partial charge on any atom is 0.357 e. The van der Waals surface area contributed by atoms with Crippen molar-refractivity contribution in [2.75, 3.05) is 6.61 Å². The van der Waals surface area contributed by atoms with E-state index >= 15 is 0 Å². The maximum absolute atomic E-state index is 11.4. The van der Waals surface area contributed by atoms with Crippen molar-refractivity contribution in [1.29, 1.82) is 0 Å². The Labute approximate surface area is 107 Å². The van der Waals surface area contributed by atoms with Crippen LogP contribution in [0.15, 0.2) is 12.1 Å². The van der Waals surface area contributed by atoms with Crippen LogP contribution in [0.4, 0.5) is 0 Å². The molecule has 1 rings (SSSR count). The predicted molar refractivity (Wildman–Crippen MR) is 67.3 cm³/mol. The van der Waals surface area contributed by atoms with Crippen LogP contribution in [0.25, 0.3) is 0 Å². The van der Waals surface area contributed by atoms with Gasteiger partial charge in [-0.2, -0.15) is 0 Å². The van der Waals surface area contributed by atoms with Crippen LogP contribution in [0.3, 0.4) is 0 Å². The number of ether oxygens (including phenoxy) is 1. The highest BCUT2D eigenvalue weighted by Crippen LogP contribution is 2.07. The van der Waals surface area contributed by atoms with Gasteiger partial charge in [0.15, 0.2) is 5.69 Å². The Balaban J connectivity index is 0. The summed E-state index contributed by atoms with van der Waals surface area (Å²) < 4.78 is 4.87. The van der Waals surface area contributed by atoms with E-state index in [2.05, 4.69) is 4.98 Å². The average molecular weight is 267 g/mol. The zero-order valence-corrected chi connectivity index (χ0v) is 10.9. The topological polar surface area (TPSA) is 65.2 Å². The highest BCUT2D eigenvalue weighted by atomic mass is 35.5. The molecule has 0 aliphatic rings. The second kappa shape index (κ2) is 8.33. The van der Waals surface area contributed by atoms with Gasteiger partial charge in [0.25, 0.3) is 0 Å². The number of aryl methyl sites for hydroxylation is 1. The number of nitrogens with two attached hydrogens (primary N) is 1.